The van der Waals surface area contributed by atoms with Gasteiger partial charge in [-0.2, -0.15) is 22.0 Å². The minimum atomic E-state index is -5.71. The average molecular weight is 367 g/mol. The molecule has 0 spiro atoms. The SMILES string of the molecule is FC(C(F)(F)F)C(F)(F)Oc1ccc(CNCCn2ccnc2)cc1. The van der Waals surface area contributed by atoms with Crippen molar-refractivity contribution in [1.29, 1.82) is 0 Å². The number of rotatable bonds is 8. The van der Waals surface area contributed by atoms with E-state index >= 15 is 0 Å². The highest BCUT2D eigenvalue weighted by Gasteiger charge is 2.59. The van der Waals surface area contributed by atoms with Crippen molar-refractivity contribution in [3.63, 3.8) is 0 Å². The van der Waals surface area contributed by atoms with Crippen LogP contribution in [-0.4, -0.2) is 34.6 Å². The van der Waals surface area contributed by atoms with Gasteiger partial charge in [-0.3, -0.25) is 0 Å². The Morgan fingerprint density at radius 3 is 2.36 bits per heavy atom. The fraction of sp³-hybridized carbons (Fsp3) is 0.400. The van der Waals surface area contributed by atoms with Crippen LogP contribution in [0, 0.1) is 0 Å². The van der Waals surface area contributed by atoms with Gasteiger partial charge in [-0.15, -0.1) is 0 Å². The Balaban J connectivity index is 1.82. The van der Waals surface area contributed by atoms with Gasteiger partial charge in [0.2, 0.25) is 0 Å². The molecule has 0 saturated heterocycles. The predicted octanol–water partition coefficient (Wildman–Crippen LogP) is 3.54. The number of hydrogen-bond acceptors (Lipinski definition) is 3. The van der Waals surface area contributed by atoms with E-state index in [9.17, 15) is 26.3 Å². The van der Waals surface area contributed by atoms with Crippen LogP contribution in [-0.2, 0) is 13.1 Å². The Morgan fingerprint density at radius 1 is 1.12 bits per heavy atom. The zero-order chi connectivity index (χ0) is 18.5. The van der Waals surface area contributed by atoms with Crippen LogP contribution in [0.2, 0.25) is 0 Å². The van der Waals surface area contributed by atoms with Gasteiger partial charge in [0.05, 0.1) is 6.33 Å². The molecule has 1 aromatic heterocycles. The van der Waals surface area contributed by atoms with E-state index in [1.807, 2.05) is 4.57 Å². The molecule has 0 aliphatic rings. The third-order valence-corrected chi connectivity index (χ3v) is 3.19. The zero-order valence-corrected chi connectivity index (χ0v) is 12.8. The van der Waals surface area contributed by atoms with E-state index in [0.29, 0.717) is 25.2 Å². The zero-order valence-electron chi connectivity index (χ0n) is 12.8. The van der Waals surface area contributed by atoms with Gasteiger partial charge in [0.25, 0.3) is 6.17 Å². The van der Waals surface area contributed by atoms with E-state index in [1.54, 1.807) is 18.7 Å². The monoisotopic (exact) mass is 367 g/mol. The second kappa shape index (κ2) is 7.77. The maximum atomic E-state index is 13.1. The van der Waals surface area contributed by atoms with Gasteiger partial charge in [-0.05, 0) is 17.7 Å². The summed E-state index contributed by atoms with van der Waals surface area (Å²) in [6, 6.07) is 4.92. The first-order valence-electron chi connectivity index (χ1n) is 7.21. The van der Waals surface area contributed by atoms with Gasteiger partial charge in [0.15, 0.2) is 0 Å². The van der Waals surface area contributed by atoms with Crippen LogP contribution in [0.15, 0.2) is 43.0 Å². The van der Waals surface area contributed by atoms with E-state index in [1.165, 1.54) is 12.1 Å². The third-order valence-electron chi connectivity index (χ3n) is 3.19. The molecule has 0 saturated carbocycles. The number of imidazole rings is 1. The lowest BCUT2D eigenvalue weighted by atomic mass is 10.2. The largest absolute Gasteiger partial charge is 0.439 e. The van der Waals surface area contributed by atoms with Crippen LogP contribution in [0.25, 0.3) is 0 Å². The van der Waals surface area contributed by atoms with Gasteiger partial charge < -0.3 is 14.6 Å². The summed E-state index contributed by atoms with van der Waals surface area (Å²) in [4.78, 5) is 3.89. The van der Waals surface area contributed by atoms with E-state index < -0.39 is 24.2 Å². The minimum absolute atomic E-state index is 0.416. The number of benzene rings is 1. The van der Waals surface area contributed by atoms with Crippen molar-refractivity contribution in [3.8, 4) is 5.75 Å². The molecule has 138 valence electrons. The molecule has 1 heterocycles. The van der Waals surface area contributed by atoms with Crippen molar-refractivity contribution < 1.29 is 31.1 Å². The van der Waals surface area contributed by atoms with Crippen molar-refractivity contribution in [2.75, 3.05) is 6.54 Å². The van der Waals surface area contributed by atoms with Crippen molar-refractivity contribution in [2.24, 2.45) is 0 Å². The summed E-state index contributed by atoms with van der Waals surface area (Å²) in [6.07, 6.45) is -9.99. The minimum Gasteiger partial charge on any atom is -0.430 e. The molecular weight excluding hydrogens is 352 g/mol. The second-order valence-corrected chi connectivity index (χ2v) is 5.19. The standard InChI is InChI=1S/C15H15F6N3O/c16-13(14(17,18)19)15(20,21)25-12-3-1-11(2-4-12)9-22-5-7-24-8-6-23-10-24/h1-4,6,8,10,13,22H,5,7,9H2. The molecule has 2 rings (SSSR count). The molecule has 1 N–H and O–H groups in total. The first-order valence-corrected chi connectivity index (χ1v) is 7.21. The molecule has 1 unspecified atom stereocenters. The Labute approximate surface area is 139 Å². The Bertz CT molecular complexity index is 642. The molecule has 2 aromatic rings. The van der Waals surface area contributed by atoms with E-state index in [0.717, 1.165) is 12.1 Å². The lowest BCUT2D eigenvalue weighted by Crippen LogP contribution is -2.45. The van der Waals surface area contributed by atoms with Gasteiger partial charge in [-0.1, -0.05) is 12.1 Å². The Hall–Kier alpha value is -2.23. The van der Waals surface area contributed by atoms with Crippen LogP contribution < -0.4 is 10.1 Å². The Morgan fingerprint density at radius 2 is 1.80 bits per heavy atom. The molecule has 0 aliphatic heterocycles. The van der Waals surface area contributed by atoms with E-state index in [4.69, 9.17) is 0 Å². The smallest absolute Gasteiger partial charge is 0.430 e. The summed E-state index contributed by atoms with van der Waals surface area (Å²) in [5, 5.41) is 3.10. The first kappa shape index (κ1) is 19.1. The van der Waals surface area contributed by atoms with Crippen molar-refractivity contribution in [1.82, 2.24) is 14.9 Å². The molecule has 0 bridgehead atoms. The molecule has 10 heteroatoms. The number of alkyl halides is 6. The highest BCUT2D eigenvalue weighted by molar-refractivity contribution is 5.27. The van der Waals surface area contributed by atoms with E-state index in [2.05, 4.69) is 15.0 Å². The average Bonchev–Trinajstić information content (AvgIpc) is 3.04. The molecule has 1 aromatic carbocycles. The number of nitrogens with zero attached hydrogens (tertiary/aromatic N) is 2. The van der Waals surface area contributed by atoms with Crippen LogP contribution in [0.5, 0.6) is 5.75 Å². The number of halogens is 6. The van der Waals surface area contributed by atoms with Crippen LogP contribution in [0.1, 0.15) is 5.56 Å². The van der Waals surface area contributed by atoms with E-state index in [-0.39, 0.29) is 0 Å². The normalized spacial score (nSPS) is 13.7. The highest BCUT2D eigenvalue weighted by Crippen LogP contribution is 2.36. The lowest BCUT2D eigenvalue weighted by molar-refractivity contribution is -0.304. The molecule has 0 radical (unpaired) electrons. The Kier molecular flexibility index (Phi) is 5.93. The number of ether oxygens (including phenoxy) is 1. The van der Waals surface area contributed by atoms with Gasteiger partial charge in [0.1, 0.15) is 5.75 Å². The summed E-state index contributed by atoms with van der Waals surface area (Å²) < 4.78 is 80.9. The summed E-state index contributed by atoms with van der Waals surface area (Å²) in [5.41, 5.74) is 0.703. The molecule has 0 amide bonds. The van der Waals surface area contributed by atoms with Gasteiger partial charge in [-0.25, -0.2) is 9.37 Å². The maximum absolute atomic E-state index is 13.1. The van der Waals surface area contributed by atoms with Gasteiger partial charge >= 0.3 is 12.3 Å². The third kappa shape index (κ3) is 5.66. The fourth-order valence-corrected chi connectivity index (χ4v) is 1.93. The predicted molar refractivity (Wildman–Crippen MR) is 76.9 cm³/mol. The molecule has 25 heavy (non-hydrogen) atoms. The van der Waals surface area contributed by atoms with Crippen LogP contribution in [0.3, 0.4) is 0 Å². The molecule has 1 atom stereocenters. The van der Waals surface area contributed by atoms with Gasteiger partial charge in [0, 0.05) is 32.0 Å². The second-order valence-electron chi connectivity index (χ2n) is 5.19. The van der Waals surface area contributed by atoms with Crippen LogP contribution >= 0.6 is 0 Å². The lowest BCUT2D eigenvalue weighted by Gasteiger charge is -2.23. The summed E-state index contributed by atoms with van der Waals surface area (Å²) >= 11 is 0. The highest BCUT2D eigenvalue weighted by atomic mass is 19.4. The van der Waals surface area contributed by atoms with Crippen molar-refractivity contribution >= 4 is 0 Å². The van der Waals surface area contributed by atoms with Crippen LogP contribution in [0.4, 0.5) is 26.3 Å². The molecule has 0 aliphatic carbocycles. The summed E-state index contributed by atoms with van der Waals surface area (Å²) in [6.45, 7) is 1.73. The topological polar surface area (TPSA) is 39.1 Å². The molecule has 0 fully saturated rings. The number of nitrogens with one attached hydrogen (secondary N) is 1. The fourth-order valence-electron chi connectivity index (χ4n) is 1.93. The first-order chi connectivity index (χ1) is 11.7. The molecule has 4 nitrogen and oxygen atoms in total. The number of hydrogen-bond donors (Lipinski definition) is 1. The van der Waals surface area contributed by atoms with Crippen molar-refractivity contribution in [3.05, 3.63) is 48.5 Å². The number of aromatic nitrogens is 2. The molecular formula is C15H15F6N3O. The summed E-state index contributed by atoms with van der Waals surface area (Å²) in [5.74, 6) is -0.556. The summed E-state index contributed by atoms with van der Waals surface area (Å²) in [7, 11) is 0. The maximum Gasteiger partial charge on any atom is 0.439 e. The quantitative estimate of drug-likeness (QED) is 0.573. The van der Waals surface area contributed by atoms with Crippen molar-refractivity contribution in [2.45, 2.75) is 31.5 Å².